The van der Waals surface area contributed by atoms with Crippen LogP contribution in [0.4, 0.5) is 4.79 Å². The van der Waals surface area contributed by atoms with Gasteiger partial charge in [-0.1, -0.05) is 0 Å². The number of amides is 2. The Morgan fingerprint density at radius 2 is 1.76 bits per heavy atom. The summed E-state index contributed by atoms with van der Waals surface area (Å²) >= 11 is 0.711. The quantitative estimate of drug-likeness (QED) is 0.623. The number of nitrogens with zero attached hydrogens (tertiary/aromatic N) is 1. The van der Waals surface area contributed by atoms with Crippen molar-refractivity contribution in [3.8, 4) is 17.2 Å². The number of phenols is 1. The zero-order chi connectivity index (χ0) is 18.7. The Balaban J connectivity index is 2.38. The van der Waals surface area contributed by atoms with Crippen LogP contribution >= 0.6 is 11.8 Å². The van der Waals surface area contributed by atoms with Crippen molar-refractivity contribution in [2.75, 3.05) is 21.3 Å². The van der Waals surface area contributed by atoms with Crippen molar-refractivity contribution in [2.24, 2.45) is 0 Å². The molecule has 25 heavy (non-hydrogen) atoms. The summed E-state index contributed by atoms with van der Waals surface area (Å²) in [6, 6.07) is 1.97. The molecule has 1 N–H and O–H groups in total. The molecule has 0 saturated carbocycles. The third kappa shape index (κ3) is 3.55. The predicted molar refractivity (Wildman–Crippen MR) is 90.5 cm³/mol. The Kier molecular flexibility index (Phi) is 5.58. The molecule has 1 aromatic rings. The van der Waals surface area contributed by atoms with Crippen LogP contribution in [0.2, 0.25) is 0 Å². The third-order valence-corrected chi connectivity index (χ3v) is 4.44. The number of rotatable bonds is 5. The zero-order valence-electron chi connectivity index (χ0n) is 14.1. The second-order valence-corrected chi connectivity index (χ2v) is 6.02. The number of carbonyl (C=O) groups excluding carboxylic acids is 3. The minimum Gasteiger partial charge on any atom is -0.502 e. The van der Waals surface area contributed by atoms with Gasteiger partial charge in [-0.05, 0) is 42.5 Å². The molecule has 1 saturated heterocycles. The summed E-state index contributed by atoms with van der Waals surface area (Å²) in [5, 5.41) is 9.35. The van der Waals surface area contributed by atoms with Crippen molar-refractivity contribution < 1.29 is 33.7 Å². The lowest BCUT2D eigenvalue weighted by Crippen LogP contribution is -2.42. The molecule has 8 nitrogen and oxygen atoms in total. The number of imide groups is 1. The van der Waals surface area contributed by atoms with Gasteiger partial charge in [0.25, 0.3) is 11.1 Å². The van der Waals surface area contributed by atoms with Gasteiger partial charge in [-0.25, -0.2) is 4.79 Å². The van der Waals surface area contributed by atoms with Gasteiger partial charge < -0.3 is 19.3 Å². The van der Waals surface area contributed by atoms with Crippen LogP contribution < -0.4 is 9.47 Å². The van der Waals surface area contributed by atoms with Crippen LogP contribution in [0, 0.1) is 0 Å². The Labute approximate surface area is 148 Å². The highest BCUT2D eigenvalue weighted by Crippen LogP contribution is 2.39. The number of benzene rings is 1. The summed E-state index contributed by atoms with van der Waals surface area (Å²) in [5.41, 5.74) is 0.489. The average Bonchev–Trinajstić information content (AvgIpc) is 2.88. The summed E-state index contributed by atoms with van der Waals surface area (Å²) in [7, 11) is 3.94. The summed E-state index contributed by atoms with van der Waals surface area (Å²) in [6.45, 7) is 1.41. The molecule has 1 aliphatic rings. The monoisotopic (exact) mass is 367 g/mol. The molecule has 0 aromatic heterocycles. The molecule has 9 heteroatoms. The largest absolute Gasteiger partial charge is 0.502 e. The molecule has 0 spiro atoms. The average molecular weight is 367 g/mol. The highest BCUT2D eigenvalue weighted by Gasteiger charge is 2.41. The van der Waals surface area contributed by atoms with E-state index in [-0.39, 0.29) is 22.2 Å². The zero-order valence-corrected chi connectivity index (χ0v) is 14.9. The van der Waals surface area contributed by atoms with E-state index in [1.807, 2.05) is 0 Å². The maximum absolute atomic E-state index is 12.5. The third-order valence-electron chi connectivity index (χ3n) is 3.55. The molecular formula is C16H17NO7S. The maximum Gasteiger partial charge on any atom is 0.328 e. The lowest BCUT2D eigenvalue weighted by Gasteiger charge is -2.18. The fraction of sp³-hybridized carbons (Fsp3) is 0.312. The number of hydrogen-bond donors (Lipinski definition) is 1. The van der Waals surface area contributed by atoms with E-state index in [9.17, 15) is 19.5 Å². The normalized spacial score (nSPS) is 17.0. The van der Waals surface area contributed by atoms with Gasteiger partial charge in [-0.3, -0.25) is 14.5 Å². The number of phenolic OH excluding ortho intramolecular Hbond substituents is 1. The molecule has 0 unspecified atom stereocenters. The minimum atomic E-state index is -1.02. The first-order chi connectivity index (χ1) is 11.8. The van der Waals surface area contributed by atoms with Gasteiger partial charge in [-0.2, -0.15) is 0 Å². The highest BCUT2D eigenvalue weighted by molar-refractivity contribution is 8.18. The van der Waals surface area contributed by atoms with Crippen LogP contribution in [0.25, 0.3) is 6.08 Å². The van der Waals surface area contributed by atoms with Gasteiger partial charge in [0.1, 0.15) is 6.04 Å². The number of hydrogen-bond acceptors (Lipinski definition) is 8. The van der Waals surface area contributed by atoms with Crippen molar-refractivity contribution in [1.82, 2.24) is 4.90 Å². The number of thioether (sulfide) groups is 1. The van der Waals surface area contributed by atoms with E-state index in [2.05, 4.69) is 4.74 Å². The fourth-order valence-electron chi connectivity index (χ4n) is 2.24. The minimum absolute atomic E-state index is 0.135. The molecule has 0 aliphatic carbocycles. The second kappa shape index (κ2) is 7.47. The first kappa shape index (κ1) is 18.7. The van der Waals surface area contributed by atoms with Crippen LogP contribution in [0.3, 0.4) is 0 Å². The van der Waals surface area contributed by atoms with Gasteiger partial charge in [0.05, 0.1) is 26.2 Å². The van der Waals surface area contributed by atoms with Crippen LogP contribution in [-0.4, -0.2) is 54.5 Å². The number of ether oxygens (including phenoxy) is 3. The van der Waals surface area contributed by atoms with Gasteiger partial charge in [0, 0.05) is 0 Å². The van der Waals surface area contributed by atoms with Crippen molar-refractivity contribution in [3.05, 3.63) is 22.6 Å². The number of carbonyl (C=O) groups is 3. The summed E-state index contributed by atoms with van der Waals surface area (Å²) < 4.78 is 14.7. The first-order valence-corrected chi connectivity index (χ1v) is 7.95. The SMILES string of the molecule is COC(=O)[C@H](C)N1C(=O)S/C(=C\c2cc(OC)c(O)c(OC)c2)C1=O. The van der Waals surface area contributed by atoms with Crippen molar-refractivity contribution in [2.45, 2.75) is 13.0 Å². The lowest BCUT2D eigenvalue weighted by atomic mass is 10.1. The van der Waals surface area contributed by atoms with Crippen molar-refractivity contribution in [3.63, 3.8) is 0 Å². The lowest BCUT2D eigenvalue weighted by molar-refractivity contribution is -0.148. The van der Waals surface area contributed by atoms with E-state index in [4.69, 9.17) is 9.47 Å². The number of aromatic hydroxyl groups is 1. The summed E-state index contributed by atoms with van der Waals surface area (Å²) in [5.74, 6) is -1.13. The van der Waals surface area contributed by atoms with Crippen molar-refractivity contribution >= 4 is 35.0 Å². The van der Waals surface area contributed by atoms with Crippen LogP contribution in [-0.2, 0) is 14.3 Å². The fourth-order valence-corrected chi connectivity index (χ4v) is 3.15. The second-order valence-electron chi connectivity index (χ2n) is 5.02. The van der Waals surface area contributed by atoms with E-state index < -0.39 is 23.2 Å². The molecule has 1 fully saturated rings. The molecule has 0 radical (unpaired) electrons. The summed E-state index contributed by atoms with van der Waals surface area (Å²) in [6.07, 6.45) is 1.46. The molecule has 1 aromatic carbocycles. The van der Waals surface area contributed by atoms with Crippen LogP contribution in [0.5, 0.6) is 17.2 Å². The van der Waals surface area contributed by atoms with Gasteiger partial charge in [-0.15, -0.1) is 0 Å². The molecule has 1 heterocycles. The number of esters is 1. The molecule has 2 amide bonds. The van der Waals surface area contributed by atoms with E-state index >= 15 is 0 Å². The van der Waals surface area contributed by atoms with Gasteiger partial charge in [0.2, 0.25) is 5.75 Å². The molecule has 134 valence electrons. The Bertz CT molecular complexity index is 734. The van der Waals surface area contributed by atoms with E-state index in [1.54, 1.807) is 0 Å². The predicted octanol–water partition coefficient (Wildman–Crippen LogP) is 2.01. The molecule has 0 bridgehead atoms. The standard InChI is InChI=1S/C16H17NO7S/c1-8(15(20)24-4)17-14(19)12(25-16(17)21)7-9-5-10(22-2)13(18)11(6-9)23-3/h5-8,18H,1-4H3/b12-7-/t8-/m0/s1. The van der Waals surface area contributed by atoms with E-state index in [0.717, 1.165) is 4.90 Å². The van der Waals surface area contributed by atoms with Crippen LogP contribution in [0.1, 0.15) is 12.5 Å². The topological polar surface area (TPSA) is 102 Å². The van der Waals surface area contributed by atoms with Crippen LogP contribution in [0.15, 0.2) is 17.0 Å². The molecule has 2 rings (SSSR count). The maximum atomic E-state index is 12.5. The van der Waals surface area contributed by atoms with Gasteiger partial charge >= 0.3 is 5.97 Å². The molecule has 1 aliphatic heterocycles. The number of methoxy groups -OCH3 is 3. The Hall–Kier alpha value is -2.68. The molecular weight excluding hydrogens is 350 g/mol. The van der Waals surface area contributed by atoms with E-state index in [1.165, 1.54) is 46.5 Å². The smallest absolute Gasteiger partial charge is 0.328 e. The Morgan fingerprint density at radius 1 is 1.20 bits per heavy atom. The summed E-state index contributed by atoms with van der Waals surface area (Å²) in [4.78, 5) is 37.1. The van der Waals surface area contributed by atoms with Gasteiger partial charge in [0.15, 0.2) is 11.5 Å². The van der Waals surface area contributed by atoms with E-state index in [0.29, 0.717) is 17.3 Å². The first-order valence-electron chi connectivity index (χ1n) is 7.13. The highest BCUT2D eigenvalue weighted by atomic mass is 32.2. The Morgan fingerprint density at radius 3 is 2.24 bits per heavy atom. The van der Waals surface area contributed by atoms with Crippen molar-refractivity contribution in [1.29, 1.82) is 0 Å². The molecule has 1 atom stereocenters.